The second kappa shape index (κ2) is 5.60. The molecular formula is C21H16BrNO. The highest BCUT2D eigenvalue weighted by Crippen LogP contribution is 2.28. The molecule has 0 saturated carbocycles. The van der Waals surface area contributed by atoms with E-state index in [0.29, 0.717) is 0 Å². The smallest absolute Gasteiger partial charge is 0.263 e. The van der Waals surface area contributed by atoms with Crippen LogP contribution in [0, 0.1) is 13.8 Å². The summed E-state index contributed by atoms with van der Waals surface area (Å²) < 4.78 is 2.80. The standard InChI is InChI=1S/C21H16BrNO/c1-13-6-5-9-19(14(13)2)23-20-12-15(22)10-11-17(20)16-7-3-4-8-18(16)21(23)24/h3-12H,1-2H3. The highest BCUT2D eigenvalue weighted by molar-refractivity contribution is 9.10. The van der Waals surface area contributed by atoms with Crippen molar-refractivity contribution in [1.29, 1.82) is 0 Å². The van der Waals surface area contributed by atoms with Gasteiger partial charge in [-0.2, -0.15) is 0 Å². The quantitative estimate of drug-likeness (QED) is 0.400. The lowest BCUT2D eigenvalue weighted by Gasteiger charge is -2.16. The van der Waals surface area contributed by atoms with Gasteiger partial charge in [-0.3, -0.25) is 9.36 Å². The summed E-state index contributed by atoms with van der Waals surface area (Å²) in [6, 6.07) is 20.0. The summed E-state index contributed by atoms with van der Waals surface area (Å²) in [5, 5.41) is 2.81. The minimum Gasteiger partial charge on any atom is -0.276 e. The predicted octanol–water partition coefficient (Wildman–Crippen LogP) is 5.52. The van der Waals surface area contributed by atoms with Gasteiger partial charge in [0, 0.05) is 15.2 Å². The van der Waals surface area contributed by atoms with Crippen LogP contribution in [0.4, 0.5) is 0 Å². The number of halogens is 1. The van der Waals surface area contributed by atoms with Crippen LogP contribution in [0.1, 0.15) is 11.1 Å². The van der Waals surface area contributed by atoms with Gasteiger partial charge in [-0.15, -0.1) is 0 Å². The summed E-state index contributed by atoms with van der Waals surface area (Å²) in [6.45, 7) is 4.14. The van der Waals surface area contributed by atoms with Gasteiger partial charge < -0.3 is 0 Å². The number of pyridine rings is 1. The molecule has 2 nitrogen and oxygen atoms in total. The average Bonchev–Trinajstić information content (AvgIpc) is 2.58. The Morgan fingerprint density at radius 1 is 0.833 bits per heavy atom. The lowest BCUT2D eigenvalue weighted by atomic mass is 10.0. The Balaban J connectivity index is 2.29. The van der Waals surface area contributed by atoms with E-state index in [-0.39, 0.29) is 5.56 Å². The van der Waals surface area contributed by atoms with E-state index in [1.54, 1.807) is 0 Å². The van der Waals surface area contributed by atoms with E-state index in [9.17, 15) is 4.79 Å². The molecule has 0 radical (unpaired) electrons. The van der Waals surface area contributed by atoms with Crippen LogP contribution >= 0.6 is 15.9 Å². The SMILES string of the molecule is Cc1cccc(-n2c(=O)c3ccccc3c3ccc(Br)cc32)c1C. The first-order valence-corrected chi connectivity index (χ1v) is 8.67. The zero-order chi connectivity index (χ0) is 16.8. The minimum atomic E-state index is 0.0184. The molecule has 1 aromatic heterocycles. The highest BCUT2D eigenvalue weighted by atomic mass is 79.9. The van der Waals surface area contributed by atoms with Gasteiger partial charge in [-0.1, -0.05) is 52.3 Å². The fraction of sp³-hybridized carbons (Fsp3) is 0.0952. The molecule has 0 saturated heterocycles. The maximum Gasteiger partial charge on any atom is 0.263 e. The summed E-state index contributed by atoms with van der Waals surface area (Å²) in [5.74, 6) is 0. The maximum absolute atomic E-state index is 13.3. The Labute approximate surface area is 148 Å². The van der Waals surface area contributed by atoms with Crippen molar-refractivity contribution in [3.63, 3.8) is 0 Å². The Kier molecular flexibility index (Phi) is 3.54. The summed E-state index contributed by atoms with van der Waals surface area (Å²) in [4.78, 5) is 13.3. The predicted molar refractivity (Wildman–Crippen MR) is 104 cm³/mol. The number of nitrogens with zero attached hydrogens (tertiary/aromatic N) is 1. The Morgan fingerprint density at radius 2 is 1.58 bits per heavy atom. The third-order valence-electron chi connectivity index (χ3n) is 4.67. The van der Waals surface area contributed by atoms with Gasteiger partial charge in [0.25, 0.3) is 5.56 Å². The van der Waals surface area contributed by atoms with Gasteiger partial charge in [0.1, 0.15) is 0 Å². The third-order valence-corrected chi connectivity index (χ3v) is 5.16. The van der Waals surface area contributed by atoms with Gasteiger partial charge in [0.15, 0.2) is 0 Å². The van der Waals surface area contributed by atoms with Gasteiger partial charge in [0.2, 0.25) is 0 Å². The van der Waals surface area contributed by atoms with Crippen molar-refractivity contribution >= 4 is 37.6 Å². The van der Waals surface area contributed by atoms with Crippen LogP contribution in [0.3, 0.4) is 0 Å². The number of aromatic nitrogens is 1. The molecule has 0 fully saturated rings. The van der Waals surface area contributed by atoms with E-state index in [4.69, 9.17) is 0 Å². The van der Waals surface area contributed by atoms with Crippen molar-refractivity contribution < 1.29 is 0 Å². The van der Waals surface area contributed by atoms with E-state index >= 15 is 0 Å². The molecule has 0 spiro atoms. The Bertz CT molecular complexity index is 1160. The van der Waals surface area contributed by atoms with Crippen molar-refractivity contribution in [2.45, 2.75) is 13.8 Å². The van der Waals surface area contributed by atoms with Crippen LogP contribution in [0.25, 0.3) is 27.4 Å². The molecule has 0 N–H and O–H groups in total. The highest BCUT2D eigenvalue weighted by Gasteiger charge is 2.14. The Hall–Kier alpha value is -2.39. The molecule has 0 bridgehead atoms. The van der Waals surface area contributed by atoms with Crippen molar-refractivity contribution in [2.75, 3.05) is 0 Å². The number of aryl methyl sites for hydroxylation is 1. The zero-order valence-corrected chi connectivity index (χ0v) is 15.1. The first kappa shape index (κ1) is 15.2. The Morgan fingerprint density at radius 3 is 2.38 bits per heavy atom. The van der Waals surface area contributed by atoms with Crippen LogP contribution < -0.4 is 5.56 Å². The van der Waals surface area contributed by atoms with Crippen LogP contribution in [-0.2, 0) is 0 Å². The van der Waals surface area contributed by atoms with Crippen molar-refractivity contribution in [1.82, 2.24) is 4.57 Å². The van der Waals surface area contributed by atoms with Crippen molar-refractivity contribution in [3.8, 4) is 5.69 Å². The second-order valence-electron chi connectivity index (χ2n) is 6.07. The monoisotopic (exact) mass is 377 g/mol. The molecule has 3 heteroatoms. The molecule has 4 aromatic rings. The van der Waals surface area contributed by atoms with Crippen LogP contribution in [0.5, 0.6) is 0 Å². The largest absolute Gasteiger partial charge is 0.276 e. The molecule has 4 rings (SSSR count). The zero-order valence-electron chi connectivity index (χ0n) is 13.5. The molecule has 1 heterocycles. The summed E-state index contributed by atoms with van der Waals surface area (Å²) in [5.41, 5.74) is 4.17. The van der Waals surface area contributed by atoms with Crippen LogP contribution in [0.2, 0.25) is 0 Å². The molecule has 3 aromatic carbocycles. The molecule has 0 aliphatic heterocycles. The lowest BCUT2D eigenvalue weighted by Crippen LogP contribution is -2.20. The van der Waals surface area contributed by atoms with Crippen LogP contribution in [-0.4, -0.2) is 4.57 Å². The molecule has 0 aliphatic carbocycles. The number of fused-ring (bicyclic) bond motifs is 3. The first-order chi connectivity index (χ1) is 11.6. The van der Waals surface area contributed by atoms with Gasteiger partial charge in [-0.25, -0.2) is 0 Å². The average molecular weight is 378 g/mol. The molecular weight excluding hydrogens is 362 g/mol. The normalized spacial score (nSPS) is 11.3. The summed E-state index contributed by atoms with van der Waals surface area (Å²) in [6.07, 6.45) is 0. The molecule has 0 atom stereocenters. The minimum absolute atomic E-state index is 0.0184. The van der Waals surface area contributed by atoms with E-state index in [0.717, 1.165) is 37.4 Å². The van der Waals surface area contributed by atoms with E-state index in [2.05, 4.69) is 41.9 Å². The molecule has 0 aliphatic rings. The number of benzene rings is 3. The topological polar surface area (TPSA) is 22.0 Å². The van der Waals surface area contributed by atoms with Gasteiger partial charge in [-0.05, 0) is 54.6 Å². The molecule has 24 heavy (non-hydrogen) atoms. The number of hydrogen-bond donors (Lipinski definition) is 0. The van der Waals surface area contributed by atoms with Gasteiger partial charge >= 0.3 is 0 Å². The lowest BCUT2D eigenvalue weighted by molar-refractivity contribution is 1.04. The fourth-order valence-electron chi connectivity index (χ4n) is 3.27. The molecule has 0 unspecified atom stereocenters. The maximum atomic E-state index is 13.3. The van der Waals surface area contributed by atoms with E-state index in [1.807, 2.05) is 53.1 Å². The van der Waals surface area contributed by atoms with Crippen molar-refractivity contribution in [3.05, 3.63) is 86.6 Å². The van der Waals surface area contributed by atoms with E-state index in [1.165, 1.54) is 5.56 Å². The van der Waals surface area contributed by atoms with Crippen LogP contribution in [0.15, 0.2) is 69.9 Å². The fourth-order valence-corrected chi connectivity index (χ4v) is 3.62. The third kappa shape index (κ3) is 2.20. The first-order valence-electron chi connectivity index (χ1n) is 7.87. The molecule has 0 amide bonds. The van der Waals surface area contributed by atoms with Crippen molar-refractivity contribution in [2.24, 2.45) is 0 Å². The second-order valence-corrected chi connectivity index (χ2v) is 6.98. The molecule has 118 valence electrons. The number of hydrogen-bond acceptors (Lipinski definition) is 1. The number of rotatable bonds is 1. The van der Waals surface area contributed by atoms with E-state index < -0.39 is 0 Å². The van der Waals surface area contributed by atoms with Gasteiger partial charge in [0.05, 0.1) is 11.2 Å². The summed E-state index contributed by atoms with van der Waals surface area (Å²) in [7, 11) is 0. The summed E-state index contributed by atoms with van der Waals surface area (Å²) >= 11 is 3.55.